The number of nitrogens with two attached hydrogens (primary N) is 1. The Morgan fingerprint density at radius 3 is 2.58 bits per heavy atom. The first-order valence-corrected chi connectivity index (χ1v) is 5.77. The van der Waals surface area contributed by atoms with Gasteiger partial charge in [-0.05, 0) is 26.0 Å². The number of thioether (sulfide) groups is 1. The molecule has 0 heterocycles. The van der Waals surface area contributed by atoms with Crippen LogP contribution in [0.25, 0.3) is 0 Å². The average molecular weight is 191 g/mol. The lowest BCUT2D eigenvalue weighted by molar-refractivity contribution is 0.0720. The summed E-state index contributed by atoms with van der Waals surface area (Å²) in [5.41, 5.74) is 5.82. The lowest BCUT2D eigenvalue weighted by Crippen LogP contribution is -2.30. The first-order chi connectivity index (χ1) is 5.66. The Hall–Kier alpha value is 0.270. The second-order valence-electron chi connectivity index (χ2n) is 3.22. The standard InChI is InChI=1S/C9H21NOS/c1-4-5-12-7-9(10)6-11-8(2)3/h8-9H,4-7,10H2,1-3H3. The van der Waals surface area contributed by atoms with Gasteiger partial charge < -0.3 is 10.5 Å². The summed E-state index contributed by atoms with van der Waals surface area (Å²) in [4.78, 5) is 0. The third-order valence-electron chi connectivity index (χ3n) is 1.32. The highest BCUT2D eigenvalue weighted by molar-refractivity contribution is 7.99. The molecule has 0 aliphatic carbocycles. The molecule has 0 rings (SSSR count). The summed E-state index contributed by atoms with van der Waals surface area (Å²) in [6, 6.07) is 0.198. The lowest BCUT2D eigenvalue weighted by Gasteiger charge is -2.13. The van der Waals surface area contributed by atoms with Crippen molar-refractivity contribution in [2.45, 2.75) is 39.3 Å². The van der Waals surface area contributed by atoms with Crippen molar-refractivity contribution in [2.75, 3.05) is 18.1 Å². The minimum absolute atomic E-state index is 0.198. The van der Waals surface area contributed by atoms with E-state index in [1.54, 1.807) is 0 Å². The monoisotopic (exact) mass is 191 g/mol. The third-order valence-corrected chi connectivity index (χ3v) is 2.68. The maximum atomic E-state index is 5.82. The highest BCUT2D eigenvalue weighted by Crippen LogP contribution is 2.04. The van der Waals surface area contributed by atoms with E-state index in [0.717, 1.165) is 5.75 Å². The smallest absolute Gasteiger partial charge is 0.0629 e. The second-order valence-corrected chi connectivity index (χ2v) is 4.37. The lowest BCUT2D eigenvalue weighted by atomic mass is 10.4. The van der Waals surface area contributed by atoms with Gasteiger partial charge in [-0.3, -0.25) is 0 Å². The first-order valence-electron chi connectivity index (χ1n) is 4.61. The summed E-state index contributed by atoms with van der Waals surface area (Å²) in [5, 5.41) is 0. The first kappa shape index (κ1) is 12.3. The largest absolute Gasteiger partial charge is 0.377 e. The quantitative estimate of drug-likeness (QED) is 0.624. The van der Waals surface area contributed by atoms with Crippen LogP contribution in [0.5, 0.6) is 0 Å². The van der Waals surface area contributed by atoms with E-state index >= 15 is 0 Å². The van der Waals surface area contributed by atoms with E-state index in [9.17, 15) is 0 Å². The number of hydrogen-bond donors (Lipinski definition) is 1. The zero-order valence-electron chi connectivity index (χ0n) is 8.38. The van der Waals surface area contributed by atoms with E-state index < -0.39 is 0 Å². The molecule has 2 N–H and O–H groups in total. The third kappa shape index (κ3) is 8.37. The van der Waals surface area contributed by atoms with Crippen molar-refractivity contribution in [1.82, 2.24) is 0 Å². The van der Waals surface area contributed by atoms with E-state index in [2.05, 4.69) is 6.92 Å². The zero-order valence-corrected chi connectivity index (χ0v) is 9.19. The van der Waals surface area contributed by atoms with Gasteiger partial charge in [0.25, 0.3) is 0 Å². The van der Waals surface area contributed by atoms with Crippen LogP contribution in [0.15, 0.2) is 0 Å². The summed E-state index contributed by atoms with van der Waals surface area (Å²) in [6.07, 6.45) is 1.52. The van der Waals surface area contributed by atoms with Gasteiger partial charge in [0, 0.05) is 11.8 Å². The molecule has 0 aromatic heterocycles. The molecule has 0 aliphatic rings. The Kier molecular flexibility index (Phi) is 8.07. The van der Waals surface area contributed by atoms with Gasteiger partial charge in [0.2, 0.25) is 0 Å². The Morgan fingerprint density at radius 1 is 1.42 bits per heavy atom. The van der Waals surface area contributed by atoms with Crippen LogP contribution in [-0.2, 0) is 4.74 Å². The van der Waals surface area contributed by atoms with E-state index in [1.165, 1.54) is 12.2 Å². The fraction of sp³-hybridized carbons (Fsp3) is 1.00. The maximum absolute atomic E-state index is 5.82. The fourth-order valence-corrected chi connectivity index (χ4v) is 1.60. The van der Waals surface area contributed by atoms with Crippen molar-refractivity contribution in [3.05, 3.63) is 0 Å². The number of ether oxygens (including phenoxy) is 1. The van der Waals surface area contributed by atoms with Crippen molar-refractivity contribution < 1.29 is 4.74 Å². The summed E-state index contributed by atoms with van der Waals surface area (Å²) < 4.78 is 5.40. The molecule has 12 heavy (non-hydrogen) atoms. The van der Waals surface area contributed by atoms with Crippen LogP contribution in [0.3, 0.4) is 0 Å². The van der Waals surface area contributed by atoms with Crippen molar-refractivity contribution in [3.63, 3.8) is 0 Å². The summed E-state index contributed by atoms with van der Waals surface area (Å²) in [6.45, 7) is 6.94. The number of hydrogen-bond acceptors (Lipinski definition) is 3. The summed E-state index contributed by atoms with van der Waals surface area (Å²) >= 11 is 1.91. The molecule has 0 spiro atoms. The minimum atomic E-state index is 0.198. The molecule has 3 heteroatoms. The Bertz CT molecular complexity index is 98.5. The molecular weight excluding hydrogens is 170 g/mol. The van der Waals surface area contributed by atoms with Gasteiger partial charge in [-0.15, -0.1) is 0 Å². The normalized spacial score (nSPS) is 13.8. The summed E-state index contributed by atoms with van der Waals surface area (Å²) in [7, 11) is 0. The Labute approximate surface area is 80.2 Å². The van der Waals surface area contributed by atoms with Crippen molar-refractivity contribution in [2.24, 2.45) is 5.73 Å². The van der Waals surface area contributed by atoms with Crippen molar-refractivity contribution in [1.29, 1.82) is 0 Å². The SMILES string of the molecule is CCCSCC(N)COC(C)C. The Balaban J connectivity index is 3.15. The molecule has 0 amide bonds. The fourth-order valence-electron chi connectivity index (χ4n) is 0.743. The van der Waals surface area contributed by atoms with E-state index in [-0.39, 0.29) is 6.04 Å². The molecule has 0 radical (unpaired) electrons. The molecule has 74 valence electrons. The van der Waals surface area contributed by atoms with Crippen LogP contribution in [0.4, 0.5) is 0 Å². The molecule has 0 saturated carbocycles. The van der Waals surface area contributed by atoms with Gasteiger partial charge in [-0.2, -0.15) is 11.8 Å². The van der Waals surface area contributed by atoms with E-state index in [0.29, 0.717) is 12.7 Å². The van der Waals surface area contributed by atoms with Crippen molar-refractivity contribution in [3.8, 4) is 0 Å². The van der Waals surface area contributed by atoms with Gasteiger partial charge in [0.05, 0.1) is 12.7 Å². The van der Waals surface area contributed by atoms with Gasteiger partial charge in [-0.25, -0.2) is 0 Å². The molecular formula is C9H21NOS. The van der Waals surface area contributed by atoms with Crippen LogP contribution in [0, 0.1) is 0 Å². The topological polar surface area (TPSA) is 35.2 Å². The average Bonchev–Trinajstić information content (AvgIpc) is 2.01. The van der Waals surface area contributed by atoms with Crippen LogP contribution >= 0.6 is 11.8 Å². The van der Waals surface area contributed by atoms with Gasteiger partial charge in [0.15, 0.2) is 0 Å². The van der Waals surface area contributed by atoms with Crippen LogP contribution in [0.1, 0.15) is 27.2 Å². The highest BCUT2D eigenvalue weighted by atomic mass is 32.2. The molecule has 0 aromatic carbocycles. The predicted molar refractivity (Wildman–Crippen MR) is 56.7 cm³/mol. The Morgan fingerprint density at radius 2 is 2.08 bits per heavy atom. The second kappa shape index (κ2) is 7.90. The molecule has 2 nitrogen and oxygen atoms in total. The molecule has 1 atom stereocenters. The molecule has 0 aliphatic heterocycles. The van der Waals surface area contributed by atoms with Gasteiger partial charge in [0.1, 0.15) is 0 Å². The van der Waals surface area contributed by atoms with E-state index in [1.807, 2.05) is 25.6 Å². The molecule has 0 bridgehead atoms. The zero-order chi connectivity index (χ0) is 9.40. The molecule has 1 unspecified atom stereocenters. The highest BCUT2D eigenvalue weighted by Gasteiger charge is 2.03. The van der Waals surface area contributed by atoms with Gasteiger partial charge in [-0.1, -0.05) is 6.92 Å². The van der Waals surface area contributed by atoms with Crippen molar-refractivity contribution >= 4 is 11.8 Å². The van der Waals surface area contributed by atoms with Crippen LogP contribution in [0.2, 0.25) is 0 Å². The maximum Gasteiger partial charge on any atom is 0.0629 e. The minimum Gasteiger partial charge on any atom is -0.377 e. The predicted octanol–water partition coefficient (Wildman–Crippen LogP) is 1.88. The molecule has 0 fully saturated rings. The van der Waals surface area contributed by atoms with Crippen LogP contribution in [-0.4, -0.2) is 30.3 Å². The number of rotatable bonds is 7. The van der Waals surface area contributed by atoms with E-state index in [4.69, 9.17) is 10.5 Å². The van der Waals surface area contributed by atoms with Crippen LogP contribution < -0.4 is 5.73 Å². The van der Waals surface area contributed by atoms with Gasteiger partial charge >= 0.3 is 0 Å². The molecule has 0 saturated heterocycles. The summed E-state index contributed by atoms with van der Waals surface area (Å²) in [5.74, 6) is 2.22. The molecule has 0 aromatic rings.